The van der Waals surface area contributed by atoms with Crippen molar-refractivity contribution in [1.29, 1.82) is 0 Å². The van der Waals surface area contributed by atoms with Crippen molar-refractivity contribution in [2.24, 2.45) is 0 Å². The number of hydrogen-bond donors (Lipinski definition) is 0. The van der Waals surface area contributed by atoms with E-state index < -0.39 is 0 Å². The Kier molecular flexibility index (Phi) is 4.31. The zero-order chi connectivity index (χ0) is 26.4. The van der Waals surface area contributed by atoms with Crippen LogP contribution in [0.15, 0.2) is 109 Å². The maximum absolute atomic E-state index is 13.6. The summed E-state index contributed by atoms with van der Waals surface area (Å²) in [5.41, 5.74) is 6.89. The van der Waals surface area contributed by atoms with Gasteiger partial charge in [-0.15, -0.1) is 0 Å². The number of rotatable bonds is 1. The molecule has 0 aliphatic carbocycles. The van der Waals surface area contributed by atoms with Crippen LogP contribution in [0.3, 0.4) is 0 Å². The van der Waals surface area contributed by atoms with Gasteiger partial charge in [-0.05, 0) is 55.3 Å². The van der Waals surface area contributed by atoms with E-state index in [1.807, 2.05) is 24.3 Å². The van der Waals surface area contributed by atoms with Gasteiger partial charge in [-0.3, -0.25) is 9.59 Å². The normalized spacial score (nSPS) is 12.1. The molecule has 5 nitrogen and oxygen atoms in total. The van der Waals surface area contributed by atoms with E-state index in [0.29, 0.717) is 43.9 Å². The first-order chi connectivity index (χ1) is 19.0. The van der Waals surface area contributed by atoms with Crippen molar-refractivity contribution in [3.8, 4) is 5.69 Å². The van der Waals surface area contributed by atoms with E-state index in [0.717, 1.165) is 27.8 Å². The van der Waals surface area contributed by atoms with Crippen LogP contribution in [0.25, 0.3) is 71.4 Å². The summed E-state index contributed by atoms with van der Waals surface area (Å²) in [5.74, 6) is 0. The Morgan fingerprint density at radius 3 is 1.69 bits per heavy atom. The van der Waals surface area contributed by atoms with Crippen molar-refractivity contribution in [1.82, 2.24) is 4.57 Å². The Labute approximate surface area is 221 Å². The number of para-hydroxylation sites is 3. The third-order valence-corrected chi connectivity index (χ3v) is 7.82. The van der Waals surface area contributed by atoms with E-state index in [1.54, 1.807) is 30.3 Å². The lowest BCUT2D eigenvalue weighted by Gasteiger charge is -2.12. The van der Waals surface area contributed by atoms with Crippen LogP contribution in [0.4, 0.5) is 0 Å². The maximum atomic E-state index is 13.6. The van der Waals surface area contributed by atoms with E-state index in [9.17, 15) is 9.59 Å². The molecule has 0 atom stereocenters. The van der Waals surface area contributed by atoms with Crippen LogP contribution < -0.4 is 10.9 Å². The molecular weight excluding hydrogens is 486 g/mol. The number of aromatic nitrogens is 1. The third kappa shape index (κ3) is 2.95. The lowest BCUT2D eigenvalue weighted by Crippen LogP contribution is -2.06. The summed E-state index contributed by atoms with van der Waals surface area (Å²) < 4.78 is 14.6. The molecule has 0 amide bonds. The summed E-state index contributed by atoms with van der Waals surface area (Å²) in [6.45, 7) is 4.23. The summed E-state index contributed by atoms with van der Waals surface area (Å²) in [7, 11) is 0. The number of benzene rings is 5. The van der Waals surface area contributed by atoms with Crippen molar-refractivity contribution < 1.29 is 8.83 Å². The van der Waals surface area contributed by atoms with Gasteiger partial charge in [0.1, 0.15) is 22.3 Å². The largest absolute Gasteiger partial charge is 0.456 e. The second kappa shape index (κ2) is 7.68. The van der Waals surface area contributed by atoms with Crippen LogP contribution >= 0.6 is 0 Å². The van der Waals surface area contributed by atoms with Crippen LogP contribution in [0.1, 0.15) is 11.1 Å². The minimum Gasteiger partial charge on any atom is -0.456 e. The molecule has 0 saturated carbocycles. The Morgan fingerprint density at radius 2 is 1.03 bits per heavy atom. The third-order valence-electron chi connectivity index (χ3n) is 7.82. The van der Waals surface area contributed by atoms with Gasteiger partial charge < -0.3 is 13.4 Å². The fraction of sp³-hybridized carbons (Fsp3) is 0.0588. The Bertz CT molecular complexity index is 2400. The molecule has 5 heteroatoms. The fourth-order valence-electron chi connectivity index (χ4n) is 5.99. The Morgan fingerprint density at radius 1 is 0.487 bits per heavy atom. The smallest absolute Gasteiger partial charge is 0.200 e. The molecule has 0 spiro atoms. The molecular formula is C34H21NO4. The van der Waals surface area contributed by atoms with Gasteiger partial charge in [-0.1, -0.05) is 48.5 Å². The molecule has 0 radical (unpaired) electrons. The molecule has 0 unspecified atom stereocenters. The Balaban J connectivity index is 1.45. The van der Waals surface area contributed by atoms with Crippen LogP contribution in [-0.2, 0) is 0 Å². The molecule has 8 rings (SSSR count). The average molecular weight is 508 g/mol. The standard InChI is InChI=1S/C34H21NO4/c1-18-7-5-10-21-22-11-6-8-19(2)32(22)35(31(18)21)20-13-14-24-28(15-20)39-30-17-29-25(16-26(30)34(24)37)33(36)23-9-3-4-12-27(23)38-29/h3-17H,1-2H3. The van der Waals surface area contributed by atoms with E-state index in [1.165, 1.54) is 10.8 Å². The molecule has 0 N–H and O–H groups in total. The van der Waals surface area contributed by atoms with Gasteiger partial charge in [0.2, 0.25) is 10.9 Å². The highest BCUT2D eigenvalue weighted by atomic mass is 16.3. The maximum Gasteiger partial charge on any atom is 0.200 e. The van der Waals surface area contributed by atoms with Crippen molar-refractivity contribution in [3.05, 3.63) is 123 Å². The predicted molar refractivity (Wildman–Crippen MR) is 157 cm³/mol. The molecule has 0 fully saturated rings. The molecule has 3 aromatic heterocycles. The molecule has 8 aromatic rings. The van der Waals surface area contributed by atoms with Gasteiger partial charge in [0.25, 0.3) is 0 Å². The first-order valence-electron chi connectivity index (χ1n) is 12.9. The van der Waals surface area contributed by atoms with E-state index >= 15 is 0 Å². The van der Waals surface area contributed by atoms with Gasteiger partial charge in [0, 0.05) is 28.6 Å². The van der Waals surface area contributed by atoms with Gasteiger partial charge in [-0.25, -0.2) is 0 Å². The van der Waals surface area contributed by atoms with Crippen molar-refractivity contribution >= 4 is 65.7 Å². The van der Waals surface area contributed by atoms with Crippen LogP contribution in [0, 0.1) is 13.8 Å². The summed E-state index contributed by atoms with van der Waals surface area (Å²) >= 11 is 0. The topological polar surface area (TPSA) is 65.3 Å². The second-order valence-corrected chi connectivity index (χ2v) is 10.2. The molecule has 39 heavy (non-hydrogen) atoms. The number of hydrogen-bond acceptors (Lipinski definition) is 4. The van der Waals surface area contributed by atoms with E-state index in [2.05, 4.69) is 54.8 Å². The highest BCUT2D eigenvalue weighted by Gasteiger charge is 2.18. The average Bonchev–Trinajstić information content (AvgIpc) is 3.29. The summed E-state index contributed by atoms with van der Waals surface area (Å²) in [5, 5.41) is 4.03. The number of aryl methyl sites for hydroxylation is 2. The zero-order valence-electron chi connectivity index (χ0n) is 21.2. The molecule has 0 aliphatic heterocycles. The lowest BCUT2D eigenvalue weighted by molar-refractivity contribution is 0.646. The van der Waals surface area contributed by atoms with Gasteiger partial charge in [-0.2, -0.15) is 0 Å². The van der Waals surface area contributed by atoms with Crippen molar-refractivity contribution in [2.75, 3.05) is 0 Å². The van der Waals surface area contributed by atoms with Gasteiger partial charge in [0.05, 0.1) is 32.6 Å². The van der Waals surface area contributed by atoms with E-state index in [4.69, 9.17) is 8.83 Å². The van der Waals surface area contributed by atoms with Crippen LogP contribution in [-0.4, -0.2) is 4.57 Å². The van der Waals surface area contributed by atoms with Crippen LogP contribution in [0.2, 0.25) is 0 Å². The highest BCUT2D eigenvalue weighted by molar-refractivity contribution is 6.11. The quantitative estimate of drug-likeness (QED) is 0.212. The fourth-order valence-corrected chi connectivity index (χ4v) is 5.99. The molecule has 3 heterocycles. The van der Waals surface area contributed by atoms with E-state index in [-0.39, 0.29) is 10.9 Å². The first kappa shape index (κ1) is 21.9. The minimum atomic E-state index is -0.179. The number of fused-ring (bicyclic) bond motifs is 7. The molecule has 0 saturated heterocycles. The first-order valence-corrected chi connectivity index (χ1v) is 12.9. The Hall–Kier alpha value is -5.16. The van der Waals surface area contributed by atoms with Crippen molar-refractivity contribution in [3.63, 3.8) is 0 Å². The lowest BCUT2D eigenvalue weighted by atomic mass is 10.1. The molecule has 0 aliphatic rings. The summed E-state index contributed by atoms with van der Waals surface area (Å²) in [4.78, 5) is 26.8. The zero-order valence-corrected chi connectivity index (χ0v) is 21.2. The predicted octanol–water partition coefficient (Wildman–Crippen LogP) is 7.92. The van der Waals surface area contributed by atoms with Crippen molar-refractivity contribution in [2.45, 2.75) is 13.8 Å². The summed E-state index contributed by atoms with van der Waals surface area (Å²) in [6, 6.07) is 28.8. The molecule has 186 valence electrons. The number of nitrogens with zero attached hydrogens (tertiary/aromatic N) is 1. The highest BCUT2D eigenvalue weighted by Crippen LogP contribution is 2.36. The monoisotopic (exact) mass is 507 g/mol. The SMILES string of the molecule is Cc1cccc2c3cccc(C)c3n(-c3ccc4c(=O)c5cc6c(=O)c7ccccc7oc6cc5oc4c3)c12. The second-order valence-electron chi connectivity index (χ2n) is 10.2. The minimum absolute atomic E-state index is 0.166. The van der Waals surface area contributed by atoms with Crippen LogP contribution in [0.5, 0.6) is 0 Å². The van der Waals surface area contributed by atoms with Gasteiger partial charge in [0.15, 0.2) is 0 Å². The molecule has 0 bridgehead atoms. The molecule has 5 aromatic carbocycles. The van der Waals surface area contributed by atoms with Gasteiger partial charge >= 0.3 is 0 Å². The summed E-state index contributed by atoms with van der Waals surface area (Å²) in [6.07, 6.45) is 0.